The average molecular weight is 319 g/mol. The fourth-order valence-electron chi connectivity index (χ4n) is 1.88. The lowest BCUT2D eigenvalue weighted by Crippen LogP contribution is -2.40. The van der Waals surface area contributed by atoms with Gasteiger partial charge in [0.1, 0.15) is 10.8 Å². The van der Waals surface area contributed by atoms with Crippen molar-refractivity contribution in [3.05, 3.63) is 29.6 Å². The van der Waals surface area contributed by atoms with Crippen LogP contribution in [0.1, 0.15) is 12.5 Å². The number of hydrogen-bond donors (Lipinski definition) is 2. The Hall–Kier alpha value is -1.09. The van der Waals surface area contributed by atoms with Crippen molar-refractivity contribution in [2.45, 2.75) is 17.9 Å². The number of sulfonamides is 1. The van der Waals surface area contributed by atoms with Crippen LogP contribution in [0.5, 0.6) is 0 Å². The van der Waals surface area contributed by atoms with E-state index in [4.69, 9.17) is 18.0 Å². The Morgan fingerprint density at radius 1 is 1.50 bits per heavy atom. The Morgan fingerprint density at radius 2 is 2.10 bits per heavy atom. The summed E-state index contributed by atoms with van der Waals surface area (Å²) in [6, 6.07) is 3.37. The van der Waals surface area contributed by atoms with Crippen molar-refractivity contribution in [2.75, 3.05) is 20.6 Å². The van der Waals surface area contributed by atoms with E-state index in [0.717, 1.165) is 6.07 Å². The molecule has 0 saturated heterocycles. The van der Waals surface area contributed by atoms with E-state index >= 15 is 0 Å². The van der Waals surface area contributed by atoms with Crippen molar-refractivity contribution >= 4 is 27.2 Å². The van der Waals surface area contributed by atoms with Gasteiger partial charge in [-0.05, 0) is 33.2 Å². The van der Waals surface area contributed by atoms with Crippen molar-refractivity contribution in [2.24, 2.45) is 5.73 Å². The van der Waals surface area contributed by atoms with E-state index in [-0.39, 0.29) is 21.5 Å². The van der Waals surface area contributed by atoms with Gasteiger partial charge in [0, 0.05) is 12.6 Å². The first-order valence-electron chi connectivity index (χ1n) is 5.90. The Labute approximate surface area is 124 Å². The predicted molar refractivity (Wildman–Crippen MR) is 80.6 cm³/mol. The molecule has 0 radical (unpaired) electrons. The van der Waals surface area contributed by atoms with E-state index in [1.54, 1.807) is 6.92 Å². The normalized spacial score (nSPS) is 13.4. The third kappa shape index (κ3) is 4.20. The van der Waals surface area contributed by atoms with Crippen molar-refractivity contribution in [3.8, 4) is 0 Å². The van der Waals surface area contributed by atoms with Gasteiger partial charge in [-0.3, -0.25) is 0 Å². The maximum atomic E-state index is 13.7. The summed E-state index contributed by atoms with van der Waals surface area (Å²) in [6.45, 7) is 2.23. The molecule has 0 heterocycles. The first-order chi connectivity index (χ1) is 9.15. The van der Waals surface area contributed by atoms with Crippen LogP contribution in [0.3, 0.4) is 0 Å². The monoisotopic (exact) mass is 319 g/mol. The number of rotatable bonds is 6. The molecule has 0 amide bonds. The molecular formula is C12H18FN3O2S2. The van der Waals surface area contributed by atoms with Crippen LogP contribution in [0, 0.1) is 5.82 Å². The lowest BCUT2D eigenvalue weighted by atomic mass is 10.2. The minimum atomic E-state index is -3.89. The molecule has 0 aromatic heterocycles. The summed E-state index contributed by atoms with van der Waals surface area (Å²) >= 11 is 4.73. The zero-order valence-corrected chi connectivity index (χ0v) is 13.2. The Balaban J connectivity index is 3.17. The molecule has 3 N–H and O–H groups in total. The minimum absolute atomic E-state index is 0.240. The number of hydrogen-bond acceptors (Lipinski definition) is 4. The zero-order chi connectivity index (χ0) is 15.5. The molecule has 0 aliphatic rings. The van der Waals surface area contributed by atoms with Gasteiger partial charge in [0.05, 0.1) is 10.5 Å². The van der Waals surface area contributed by atoms with Crippen molar-refractivity contribution in [1.29, 1.82) is 0 Å². The fraction of sp³-hybridized carbons (Fsp3) is 0.417. The molecule has 1 aromatic carbocycles. The largest absolute Gasteiger partial charge is 0.389 e. The lowest BCUT2D eigenvalue weighted by molar-refractivity contribution is 0.370. The molecule has 0 aliphatic heterocycles. The lowest BCUT2D eigenvalue weighted by Gasteiger charge is -2.19. The molecule has 1 rings (SSSR count). The number of nitrogens with zero attached hydrogens (tertiary/aromatic N) is 1. The van der Waals surface area contributed by atoms with Gasteiger partial charge in [-0.1, -0.05) is 18.3 Å². The Morgan fingerprint density at radius 3 is 2.60 bits per heavy atom. The third-order valence-corrected chi connectivity index (χ3v) is 4.34. The molecule has 0 aliphatic carbocycles. The van der Waals surface area contributed by atoms with Crippen molar-refractivity contribution in [1.82, 2.24) is 9.62 Å². The smallest absolute Gasteiger partial charge is 0.241 e. The number of benzene rings is 1. The van der Waals surface area contributed by atoms with E-state index in [9.17, 15) is 12.8 Å². The van der Waals surface area contributed by atoms with Crippen LogP contribution in [-0.2, 0) is 10.0 Å². The molecule has 0 bridgehead atoms. The second-order valence-corrected chi connectivity index (χ2v) is 6.88. The number of thiocarbonyl (C=S) groups is 1. The number of likely N-dealkylation sites (N-methyl/N-ethyl adjacent to an activating group) is 1. The Bertz CT molecular complexity index is 603. The van der Waals surface area contributed by atoms with Gasteiger partial charge in [0.15, 0.2) is 0 Å². The predicted octanol–water partition coefficient (Wildman–Crippen LogP) is 0.688. The Kier molecular flexibility index (Phi) is 5.58. The van der Waals surface area contributed by atoms with Gasteiger partial charge in [0.25, 0.3) is 0 Å². The molecule has 5 nitrogen and oxygen atoms in total. The van der Waals surface area contributed by atoms with Gasteiger partial charge >= 0.3 is 0 Å². The highest BCUT2D eigenvalue weighted by atomic mass is 32.2. The first kappa shape index (κ1) is 17.0. The average Bonchev–Trinajstić information content (AvgIpc) is 2.25. The maximum absolute atomic E-state index is 13.7. The molecule has 20 heavy (non-hydrogen) atoms. The standard InChI is InChI=1S/C12H18FN3O2S2/c1-8(7-16(2)3)15-20(17,18)10-6-4-5-9(13)11(10)12(14)19/h4-6,8,15H,7H2,1-3H3,(H2,14,19). The summed E-state index contributed by atoms with van der Waals surface area (Å²) < 4.78 is 40.8. The minimum Gasteiger partial charge on any atom is -0.389 e. The third-order valence-electron chi connectivity index (χ3n) is 2.51. The van der Waals surface area contributed by atoms with Crippen LogP contribution >= 0.6 is 12.2 Å². The fourth-order valence-corrected chi connectivity index (χ4v) is 3.62. The number of halogens is 1. The second-order valence-electron chi connectivity index (χ2n) is 4.76. The second kappa shape index (κ2) is 6.57. The highest BCUT2D eigenvalue weighted by molar-refractivity contribution is 7.89. The molecular weight excluding hydrogens is 301 g/mol. The highest BCUT2D eigenvalue weighted by Crippen LogP contribution is 2.19. The van der Waals surface area contributed by atoms with Crippen LogP contribution in [0.4, 0.5) is 4.39 Å². The summed E-state index contributed by atoms with van der Waals surface area (Å²) in [6.07, 6.45) is 0. The van der Waals surface area contributed by atoms with Crippen LogP contribution in [-0.4, -0.2) is 45.0 Å². The quantitative estimate of drug-likeness (QED) is 0.755. The molecule has 1 unspecified atom stereocenters. The molecule has 0 spiro atoms. The summed E-state index contributed by atoms with van der Waals surface area (Å²) in [5.41, 5.74) is 5.16. The summed E-state index contributed by atoms with van der Waals surface area (Å²) in [5.74, 6) is -0.749. The van der Waals surface area contributed by atoms with Gasteiger partial charge in [-0.25, -0.2) is 17.5 Å². The van der Waals surface area contributed by atoms with E-state index in [2.05, 4.69) is 4.72 Å². The molecule has 0 fully saturated rings. The SMILES string of the molecule is CC(CN(C)C)NS(=O)(=O)c1cccc(F)c1C(N)=S. The van der Waals surface area contributed by atoms with Crippen molar-refractivity contribution < 1.29 is 12.8 Å². The van der Waals surface area contributed by atoms with E-state index in [1.807, 2.05) is 19.0 Å². The van der Waals surface area contributed by atoms with Gasteiger partial charge in [-0.2, -0.15) is 0 Å². The van der Waals surface area contributed by atoms with Crippen molar-refractivity contribution in [3.63, 3.8) is 0 Å². The number of nitrogens with two attached hydrogens (primary N) is 1. The summed E-state index contributed by atoms with van der Waals surface area (Å²) in [7, 11) is -0.234. The molecule has 1 atom stereocenters. The van der Waals surface area contributed by atoms with E-state index in [0.29, 0.717) is 6.54 Å². The zero-order valence-electron chi connectivity index (χ0n) is 11.6. The van der Waals surface area contributed by atoms with Gasteiger partial charge in [0.2, 0.25) is 10.0 Å². The first-order valence-corrected chi connectivity index (χ1v) is 7.79. The van der Waals surface area contributed by atoms with E-state index < -0.39 is 15.8 Å². The molecule has 1 aromatic rings. The van der Waals surface area contributed by atoms with Crippen LogP contribution in [0.15, 0.2) is 23.1 Å². The summed E-state index contributed by atoms with van der Waals surface area (Å²) in [4.78, 5) is 1.31. The van der Waals surface area contributed by atoms with Gasteiger partial charge < -0.3 is 10.6 Å². The highest BCUT2D eigenvalue weighted by Gasteiger charge is 2.24. The topological polar surface area (TPSA) is 75.4 Å². The van der Waals surface area contributed by atoms with E-state index in [1.165, 1.54) is 12.1 Å². The molecule has 112 valence electrons. The number of nitrogens with one attached hydrogen (secondary N) is 1. The van der Waals surface area contributed by atoms with Gasteiger partial charge in [-0.15, -0.1) is 0 Å². The van der Waals surface area contributed by atoms with Crippen LogP contribution in [0.25, 0.3) is 0 Å². The van der Waals surface area contributed by atoms with Crippen LogP contribution < -0.4 is 10.5 Å². The molecule has 0 saturated carbocycles. The molecule has 8 heteroatoms. The summed E-state index contributed by atoms with van der Waals surface area (Å²) in [5, 5.41) is 0. The maximum Gasteiger partial charge on any atom is 0.241 e. The van der Waals surface area contributed by atoms with Crippen LogP contribution in [0.2, 0.25) is 0 Å².